The van der Waals surface area contributed by atoms with Crippen LogP contribution in [0.1, 0.15) is 0 Å². The predicted molar refractivity (Wildman–Crippen MR) is 92.5 cm³/mol. The van der Waals surface area contributed by atoms with Gasteiger partial charge >= 0.3 is 5.69 Å². The Morgan fingerprint density at radius 2 is 1.60 bits per heavy atom. The predicted octanol–water partition coefficient (Wildman–Crippen LogP) is 3.59. The molecule has 0 radical (unpaired) electrons. The Kier molecular flexibility index (Phi) is 4.38. The lowest BCUT2D eigenvalue weighted by atomic mass is 10.3. The summed E-state index contributed by atoms with van der Waals surface area (Å²) in [5.74, 6) is -0.710. The summed E-state index contributed by atoms with van der Waals surface area (Å²) in [7, 11) is 0. The van der Waals surface area contributed by atoms with Gasteiger partial charge in [0.25, 0.3) is 0 Å². The van der Waals surface area contributed by atoms with E-state index in [0.29, 0.717) is 11.4 Å². The first kappa shape index (κ1) is 16.1. The average Bonchev–Trinajstić information content (AvgIpc) is 2.57. The zero-order valence-electron chi connectivity index (χ0n) is 12.8. The number of nitrogens with zero attached hydrogens (tertiary/aromatic N) is 3. The van der Waals surface area contributed by atoms with Crippen LogP contribution >= 0.6 is 0 Å². The topological polar surface area (TPSA) is 119 Å². The lowest BCUT2D eigenvalue weighted by Gasteiger charge is -2.10. The van der Waals surface area contributed by atoms with Gasteiger partial charge in [-0.15, -0.1) is 0 Å². The van der Waals surface area contributed by atoms with Gasteiger partial charge in [-0.2, -0.15) is 9.97 Å². The minimum absolute atomic E-state index is 0.0949. The Balaban J connectivity index is 1.98. The monoisotopic (exact) mass is 340 g/mol. The van der Waals surface area contributed by atoms with Crippen molar-refractivity contribution >= 4 is 34.6 Å². The van der Waals surface area contributed by atoms with E-state index in [-0.39, 0.29) is 17.6 Å². The smallest absolute Gasteiger partial charge is 0.353 e. The van der Waals surface area contributed by atoms with E-state index >= 15 is 0 Å². The fourth-order valence-electron chi connectivity index (χ4n) is 2.12. The first-order valence-electron chi connectivity index (χ1n) is 7.19. The molecule has 25 heavy (non-hydrogen) atoms. The molecule has 0 saturated carbocycles. The third-order valence-corrected chi connectivity index (χ3v) is 3.23. The molecule has 0 saturated heterocycles. The third-order valence-electron chi connectivity index (χ3n) is 3.23. The summed E-state index contributed by atoms with van der Waals surface area (Å²) in [5.41, 5.74) is 6.39. The van der Waals surface area contributed by atoms with E-state index in [9.17, 15) is 14.5 Å². The normalized spacial score (nSPS) is 10.3. The van der Waals surface area contributed by atoms with Crippen molar-refractivity contribution < 1.29 is 9.31 Å². The fraction of sp³-hybridized carbons (Fsp3) is 0. The van der Waals surface area contributed by atoms with Gasteiger partial charge in [-0.3, -0.25) is 10.1 Å². The zero-order chi connectivity index (χ0) is 17.8. The summed E-state index contributed by atoms with van der Waals surface area (Å²) in [4.78, 5) is 18.6. The summed E-state index contributed by atoms with van der Waals surface area (Å²) in [6.07, 6.45) is 0. The van der Waals surface area contributed by atoms with Crippen LogP contribution in [-0.4, -0.2) is 14.9 Å². The summed E-state index contributed by atoms with van der Waals surface area (Å²) >= 11 is 0. The van der Waals surface area contributed by atoms with Crippen molar-refractivity contribution in [1.29, 1.82) is 0 Å². The van der Waals surface area contributed by atoms with Crippen LogP contribution in [0.4, 0.5) is 39.0 Å². The van der Waals surface area contributed by atoms with Crippen molar-refractivity contribution in [3.05, 3.63) is 70.5 Å². The SMILES string of the molecule is Nc1nc(Nc2ccccc2)nc(Nc2ccc(F)cc2)c1[N+](=O)[O-]. The molecule has 3 rings (SSSR count). The molecule has 8 nitrogen and oxygen atoms in total. The highest BCUT2D eigenvalue weighted by Gasteiger charge is 2.23. The summed E-state index contributed by atoms with van der Waals surface area (Å²) in [6.45, 7) is 0. The molecule has 126 valence electrons. The van der Waals surface area contributed by atoms with Gasteiger partial charge < -0.3 is 16.4 Å². The van der Waals surface area contributed by atoms with Crippen LogP contribution in [0.3, 0.4) is 0 Å². The second-order valence-corrected chi connectivity index (χ2v) is 5.01. The molecule has 1 heterocycles. The Morgan fingerprint density at radius 1 is 0.960 bits per heavy atom. The number of nitrogens with two attached hydrogens (primary N) is 1. The van der Waals surface area contributed by atoms with Crippen molar-refractivity contribution in [2.45, 2.75) is 0 Å². The first-order valence-corrected chi connectivity index (χ1v) is 7.19. The van der Waals surface area contributed by atoms with E-state index in [1.54, 1.807) is 12.1 Å². The molecule has 0 unspecified atom stereocenters. The Hall–Kier alpha value is -3.75. The highest BCUT2D eigenvalue weighted by molar-refractivity contribution is 5.75. The van der Waals surface area contributed by atoms with Crippen molar-refractivity contribution in [1.82, 2.24) is 9.97 Å². The maximum Gasteiger partial charge on any atom is 0.353 e. The number of nitrogen functional groups attached to an aromatic ring is 1. The van der Waals surface area contributed by atoms with Crippen molar-refractivity contribution in [3.8, 4) is 0 Å². The molecule has 0 atom stereocenters. The Bertz CT molecular complexity index is 903. The molecule has 0 bridgehead atoms. The number of hydrogen-bond acceptors (Lipinski definition) is 7. The molecule has 0 spiro atoms. The second-order valence-electron chi connectivity index (χ2n) is 5.01. The molecule has 9 heteroatoms. The van der Waals surface area contributed by atoms with Gasteiger partial charge in [0.05, 0.1) is 4.92 Å². The molecular formula is C16H13FN6O2. The van der Waals surface area contributed by atoms with E-state index in [1.807, 2.05) is 18.2 Å². The van der Waals surface area contributed by atoms with Gasteiger partial charge in [0, 0.05) is 11.4 Å². The number of hydrogen-bond donors (Lipinski definition) is 3. The number of para-hydroxylation sites is 1. The van der Waals surface area contributed by atoms with E-state index in [2.05, 4.69) is 20.6 Å². The van der Waals surface area contributed by atoms with Crippen LogP contribution in [0, 0.1) is 15.9 Å². The Morgan fingerprint density at radius 3 is 2.24 bits per heavy atom. The molecule has 0 aliphatic heterocycles. The molecular weight excluding hydrogens is 327 g/mol. The van der Waals surface area contributed by atoms with Crippen LogP contribution in [0.15, 0.2) is 54.6 Å². The molecule has 0 fully saturated rings. The number of nitro groups is 1. The highest BCUT2D eigenvalue weighted by Crippen LogP contribution is 2.32. The van der Waals surface area contributed by atoms with Crippen LogP contribution < -0.4 is 16.4 Å². The molecule has 3 aromatic rings. The molecule has 2 aromatic carbocycles. The highest BCUT2D eigenvalue weighted by atomic mass is 19.1. The number of rotatable bonds is 5. The molecule has 4 N–H and O–H groups in total. The van der Waals surface area contributed by atoms with Crippen LogP contribution in [0.2, 0.25) is 0 Å². The first-order chi connectivity index (χ1) is 12.0. The van der Waals surface area contributed by atoms with E-state index in [0.717, 1.165) is 0 Å². The Labute approximate surface area is 141 Å². The van der Waals surface area contributed by atoms with Crippen LogP contribution in [0.25, 0.3) is 0 Å². The number of nitrogens with one attached hydrogen (secondary N) is 2. The summed E-state index contributed by atoms with van der Waals surface area (Å²) in [5, 5.41) is 17.0. The average molecular weight is 340 g/mol. The van der Waals surface area contributed by atoms with Gasteiger partial charge in [-0.05, 0) is 36.4 Å². The second kappa shape index (κ2) is 6.79. The fourth-order valence-corrected chi connectivity index (χ4v) is 2.12. The lowest BCUT2D eigenvalue weighted by molar-refractivity contribution is -0.383. The number of aromatic nitrogens is 2. The summed E-state index contributed by atoms with van der Waals surface area (Å²) in [6, 6.07) is 14.4. The minimum Gasteiger partial charge on any atom is -0.378 e. The maximum atomic E-state index is 13.0. The number of benzene rings is 2. The molecule has 0 aliphatic rings. The van der Waals surface area contributed by atoms with Gasteiger partial charge in [-0.25, -0.2) is 4.39 Å². The largest absolute Gasteiger partial charge is 0.378 e. The van der Waals surface area contributed by atoms with Crippen LogP contribution in [-0.2, 0) is 0 Å². The standard InChI is InChI=1S/C16H13FN6O2/c17-10-6-8-12(9-7-10)19-15-13(23(24)25)14(18)21-16(22-15)20-11-4-2-1-3-5-11/h1-9H,(H4,18,19,20,21,22). The third kappa shape index (κ3) is 3.78. The van der Waals surface area contributed by atoms with Crippen LogP contribution in [0.5, 0.6) is 0 Å². The molecule has 0 amide bonds. The number of anilines is 5. The van der Waals surface area contributed by atoms with E-state index in [4.69, 9.17) is 5.73 Å². The summed E-state index contributed by atoms with van der Waals surface area (Å²) < 4.78 is 13.0. The van der Waals surface area contributed by atoms with E-state index < -0.39 is 16.4 Å². The van der Waals surface area contributed by atoms with Gasteiger partial charge in [0.2, 0.25) is 17.6 Å². The maximum absolute atomic E-state index is 13.0. The van der Waals surface area contributed by atoms with Crippen molar-refractivity contribution in [2.75, 3.05) is 16.4 Å². The molecule has 1 aromatic heterocycles. The zero-order valence-corrected chi connectivity index (χ0v) is 12.8. The number of halogens is 1. The van der Waals surface area contributed by atoms with Crippen molar-refractivity contribution in [3.63, 3.8) is 0 Å². The van der Waals surface area contributed by atoms with Crippen molar-refractivity contribution in [2.24, 2.45) is 0 Å². The van der Waals surface area contributed by atoms with E-state index in [1.165, 1.54) is 24.3 Å². The quantitative estimate of drug-likeness (QED) is 0.479. The van der Waals surface area contributed by atoms with Gasteiger partial charge in [0.15, 0.2) is 0 Å². The van der Waals surface area contributed by atoms with Gasteiger partial charge in [0.1, 0.15) is 5.82 Å². The lowest BCUT2D eigenvalue weighted by Crippen LogP contribution is -2.08. The molecule has 0 aliphatic carbocycles. The minimum atomic E-state index is -0.673. The van der Waals surface area contributed by atoms with Gasteiger partial charge in [-0.1, -0.05) is 18.2 Å².